The van der Waals surface area contributed by atoms with E-state index in [4.69, 9.17) is 5.73 Å². The molecule has 1 aromatic heterocycles. The minimum absolute atomic E-state index is 0.210. The van der Waals surface area contributed by atoms with E-state index >= 15 is 0 Å². The summed E-state index contributed by atoms with van der Waals surface area (Å²) >= 11 is 1.53. The number of hydrogen-bond acceptors (Lipinski definition) is 3. The molecule has 1 saturated carbocycles. The van der Waals surface area contributed by atoms with Crippen molar-refractivity contribution in [2.24, 2.45) is 5.73 Å². The molecule has 0 unspecified atom stereocenters. The van der Waals surface area contributed by atoms with Gasteiger partial charge in [0.05, 0.1) is 5.56 Å². The van der Waals surface area contributed by atoms with Crippen molar-refractivity contribution in [1.82, 2.24) is 5.32 Å². The summed E-state index contributed by atoms with van der Waals surface area (Å²) < 4.78 is 0. The number of urea groups is 1. The molecule has 0 saturated heterocycles. The third-order valence-corrected chi connectivity index (χ3v) is 6.29. The van der Waals surface area contributed by atoms with Gasteiger partial charge in [-0.25, -0.2) is 4.79 Å². The third kappa shape index (κ3) is 4.09. The molecule has 132 valence electrons. The molecule has 0 aromatic carbocycles. The molecule has 0 aliphatic heterocycles. The normalized spacial score (nSPS) is 19.0. The molecule has 2 aliphatic carbocycles. The van der Waals surface area contributed by atoms with E-state index in [1.165, 1.54) is 48.3 Å². The lowest BCUT2D eigenvalue weighted by Gasteiger charge is -2.22. The van der Waals surface area contributed by atoms with E-state index in [1.807, 2.05) is 0 Å². The number of nitrogens with one attached hydrogen (secondary N) is 2. The van der Waals surface area contributed by atoms with Crippen LogP contribution < -0.4 is 16.4 Å². The second kappa shape index (κ2) is 8.01. The average Bonchev–Trinajstić information content (AvgIpc) is 2.85. The van der Waals surface area contributed by atoms with Crippen LogP contribution in [0.15, 0.2) is 0 Å². The van der Waals surface area contributed by atoms with E-state index in [1.54, 1.807) is 0 Å². The molecule has 5 nitrogen and oxygen atoms in total. The van der Waals surface area contributed by atoms with Gasteiger partial charge in [0.25, 0.3) is 5.91 Å². The summed E-state index contributed by atoms with van der Waals surface area (Å²) in [6.07, 6.45) is 12.2. The number of primary amides is 1. The van der Waals surface area contributed by atoms with E-state index in [0.29, 0.717) is 10.6 Å². The van der Waals surface area contributed by atoms with Crippen LogP contribution in [0.3, 0.4) is 0 Å². The molecule has 0 bridgehead atoms. The molecule has 0 atom stereocenters. The molecular formula is C18H27N3O2S. The SMILES string of the molecule is NC(=O)c1c(NC(=O)NC2CCCCC2)sc2c1CCCCCC2. The Morgan fingerprint density at radius 2 is 1.62 bits per heavy atom. The predicted octanol–water partition coefficient (Wildman–Crippen LogP) is 3.96. The van der Waals surface area contributed by atoms with Crippen molar-refractivity contribution in [3.63, 3.8) is 0 Å². The quantitative estimate of drug-likeness (QED) is 0.771. The van der Waals surface area contributed by atoms with Crippen molar-refractivity contribution in [2.75, 3.05) is 5.32 Å². The molecule has 6 heteroatoms. The predicted molar refractivity (Wildman–Crippen MR) is 97.7 cm³/mol. The summed E-state index contributed by atoms with van der Waals surface area (Å²) in [5.41, 5.74) is 7.24. The molecule has 3 rings (SSSR count). The highest BCUT2D eigenvalue weighted by molar-refractivity contribution is 7.17. The zero-order valence-electron chi connectivity index (χ0n) is 14.2. The van der Waals surface area contributed by atoms with Gasteiger partial charge in [0.15, 0.2) is 0 Å². The van der Waals surface area contributed by atoms with Gasteiger partial charge in [-0.3, -0.25) is 10.1 Å². The summed E-state index contributed by atoms with van der Waals surface area (Å²) in [7, 11) is 0. The molecule has 4 N–H and O–H groups in total. The fourth-order valence-corrected chi connectivity index (χ4v) is 5.13. The highest BCUT2D eigenvalue weighted by Crippen LogP contribution is 2.36. The molecule has 0 spiro atoms. The number of nitrogens with two attached hydrogens (primary N) is 1. The lowest BCUT2D eigenvalue weighted by atomic mass is 9.96. The largest absolute Gasteiger partial charge is 0.365 e. The minimum Gasteiger partial charge on any atom is -0.365 e. The summed E-state index contributed by atoms with van der Waals surface area (Å²) in [5.74, 6) is -0.430. The maximum absolute atomic E-state index is 12.3. The monoisotopic (exact) mass is 349 g/mol. The Morgan fingerprint density at radius 3 is 2.33 bits per heavy atom. The van der Waals surface area contributed by atoms with E-state index in [2.05, 4.69) is 10.6 Å². The number of thiophene rings is 1. The lowest BCUT2D eigenvalue weighted by molar-refractivity contribution is 0.100. The zero-order valence-corrected chi connectivity index (χ0v) is 15.0. The molecule has 1 aromatic rings. The van der Waals surface area contributed by atoms with Crippen LogP contribution in [0.1, 0.15) is 78.6 Å². The number of hydrogen-bond donors (Lipinski definition) is 3. The summed E-state index contributed by atoms with van der Waals surface area (Å²) in [6.45, 7) is 0. The van der Waals surface area contributed by atoms with Crippen LogP contribution in [-0.4, -0.2) is 18.0 Å². The number of carbonyl (C=O) groups is 2. The summed E-state index contributed by atoms with van der Waals surface area (Å²) in [5, 5.41) is 6.58. The first-order chi connectivity index (χ1) is 11.6. The minimum atomic E-state index is -0.430. The van der Waals surface area contributed by atoms with Gasteiger partial charge in [-0.15, -0.1) is 11.3 Å². The number of carbonyl (C=O) groups excluding carboxylic acids is 2. The van der Waals surface area contributed by atoms with Gasteiger partial charge in [0.2, 0.25) is 0 Å². The number of anilines is 1. The van der Waals surface area contributed by atoms with Gasteiger partial charge in [-0.05, 0) is 44.1 Å². The van der Waals surface area contributed by atoms with Crippen LogP contribution in [-0.2, 0) is 12.8 Å². The fourth-order valence-electron chi connectivity index (χ4n) is 3.84. The van der Waals surface area contributed by atoms with Crippen molar-refractivity contribution in [2.45, 2.75) is 76.7 Å². The Hall–Kier alpha value is -1.56. The van der Waals surface area contributed by atoms with Crippen LogP contribution in [0.25, 0.3) is 0 Å². The van der Waals surface area contributed by atoms with Gasteiger partial charge < -0.3 is 11.1 Å². The summed E-state index contributed by atoms with van der Waals surface area (Å²) in [4.78, 5) is 25.5. The van der Waals surface area contributed by atoms with Crippen LogP contribution >= 0.6 is 11.3 Å². The molecular weight excluding hydrogens is 322 g/mol. The van der Waals surface area contributed by atoms with E-state index in [0.717, 1.165) is 44.1 Å². The number of fused-ring (bicyclic) bond motifs is 1. The Labute approximate surface area is 147 Å². The molecule has 2 aliphatic rings. The van der Waals surface area contributed by atoms with Gasteiger partial charge in [-0.1, -0.05) is 32.1 Å². The maximum atomic E-state index is 12.3. The van der Waals surface area contributed by atoms with Crippen molar-refractivity contribution in [3.05, 3.63) is 16.0 Å². The van der Waals surface area contributed by atoms with Gasteiger partial charge in [-0.2, -0.15) is 0 Å². The first-order valence-corrected chi connectivity index (χ1v) is 9.98. The number of aryl methyl sites for hydroxylation is 1. The fraction of sp³-hybridized carbons (Fsp3) is 0.667. The standard InChI is InChI=1S/C18H27N3O2S/c19-16(22)15-13-10-6-1-2-7-11-14(13)24-17(15)21-18(23)20-12-8-4-3-5-9-12/h12H,1-11H2,(H2,19,22)(H2,20,21,23). The first kappa shape index (κ1) is 17.3. The van der Waals surface area contributed by atoms with Crippen molar-refractivity contribution >= 4 is 28.3 Å². The van der Waals surface area contributed by atoms with Gasteiger partial charge >= 0.3 is 6.03 Å². The number of rotatable bonds is 3. The topological polar surface area (TPSA) is 84.2 Å². The van der Waals surface area contributed by atoms with Crippen LogP contribution in [0.5, 0.6) is 0 Å². The number of amides is 3. The van der Waals surface area contributed by atoms with Crippen LogP contribution in [0, 0.1) is 0 Å². The molecule has 3 amide bonds. The Balaban J connectivity index is 1.75. The van der Waals surface area contributed by atoms with Crippen molar-refractivity contribution in [3.8, 4) is 0 Å². The van der Waals surface area contributed by atoms with Crippen LogP contribution in [0.2, 0.25) is 0 Å². The smallest absolute Gasteiger partial charge is 0.320 e. The molecule has 0 radical (unpaired) electrons. The van der Waals surface area contributed by atoms with Gasteiger partial charge in [0, 0.05) is 10.9 Å². The Morgan fingerprint density at radius 1 is 0.958 bits per heavy atom. The van der Waals surface area contributed by atoms with Crippen molar-refractivity contribution in [1.29, 1.82) is 0 Å². The third-order valence-electron chi connectivity index (χ3n) is 5.09. The second-order valence-corrected chi connectivity index (χ2v) is 8.02. The van der Waals surface area contributed by atoms with E-state index < -0.39 is 5.91 Å². The highest BCUT2D eigenvalue weighted by Gasteiger charge is 2.24. The molecule has 1 heterocycles. The van der Waals surface area contributed by atoms with E-state index in [-0.39, 0.29) is 12.1 Å². The molecule has 1 fully saturated rings. The highest BCUT2D eigenvalue weighted by atomic mass is 32.1. The zero-order chi connectivity index (χ0) is 16.9. The van der Waals surface area contributed by atoms with Gasteiger partial charge in [0.1, 0.15) is 5.00 Å². The maximum Gasteiger partial charge on any atom is 0.320 e. The van der Waals surface area contributed by atoms with Crippen molar-refractivity contribution < 1.29 is 9.59 Å². The Bertz CT molecular complexity index is 606. The lowest BCUT2D eigenvalue weighted by Crippen LogP contribution is -2.39. The summed E-state index contributed by atoms with van der Waals surface area (Å²) in [6, 6.07) is 0.0374. The van der Waals surface area contributed by atoms with Crippen LogP contribution in [0.4, 0.5) is 9.80 Å². The molecule has 24 heavy (non-hydrogen) atoms. The average molecular weight is 350 g/mol. The Kier molecular flexibility index (Phi) is 5.76. The second-order valence-electron chi connectivity index (χ2n) is 6.92. The first-order valence-electron chi connectivity index (χ1n) is 9.17. The van der Waals surface area contributed by atoms with E-state index in [9.17, 15) is 9.59 Å².